The predicted octanol–water partition coefficient (Wildman–Crippen LogP) is 3.16. The molecule has 0 saturated carbocycles. The summed E-state index contributed by atoms with van der Waals surface area (Å²) in [6, 6.07) is 9.61. The molecule has 4 nitrogen and oxygen atoms in total. The average Bonchev–Trinajstić information content (AvgIpc) is 2.96. The lowest BCUT2D eigenvalue weighted by molar-refractivity contribution is 0.535. The zero-order chi connectivity index (χ0) is 13.4. The monoisotopic (exact) mass is 257 g/mol. The number of aryl methyl sites for hydroxylation is 1. The molecule has 0 unspecified atom stereocenters. The van der Waals surface area contributed by atoms with Crippen LogP contribution >= 0.6 is 0 Å². The fraction of sp³-hybridized carbons (Fsp3) is 0.0714. The van der Waals surface area contributed by atoms with Gasteiger partial charge < -0.3 is 10.2 Å². The number of hydrogen-bond acceptors (Lipinski definition) is 3. The molecule has 0 spiro atoms. The molecule has 0 saturated heterocycles. The first-order chi connectivity index (χ1) is 9.15. The largest absolute Gasteiger partial charge is 0.469 e. The number of nitrogens with zero attached hydrogens (tertiary/aromatic N) is 2. The molecule has 0 aliphatic carbocycles. The number of furan rings is 1. The van der Waals surface area contributed by atoms with E-state index in [2.05, 4.69) is 5.10 Å². The highest BCUT2D eigenvalue weighted by molar-refractivity contribution is 5.65. The van der Waals surface area contributed by atoms with Gasteiger partial charge in [-0.15, -0.1) is 0 Å². The zero-order valence-electron chi connectivity index (χ0n) is 10.3. The molecule has 19 heavy (non-hydrogen) atoms. The van der Waals surface area contributed by atoms with Crippen LogP contribution in [0.5, 0.6) is 0 Å². The SMILES string of the molecule is Cc1occc1-c1cc(N)n(-c2ccc(F)cc2)n1. The highest BCUT2D eigenvalue weighted by Crippen LogP contribution is 2.26. The van der Waals surface area contributed by atoms with E-state index in [0.717, 1.165) is 17.0 Å². The lowest BCUT2D eigenvalue weighted by atomic mass is 10.2. The van der Waals surface area contributed by atoms with Crippen molar-refractivity contribution in [3.05, 3.63) is 54.2 Å². The van der Waals surface area contributed by atoms with E-state index in [0.29, 0.717) is 11.5 Å². The topological polar surface area (TPSA) is 57.0 Å². The summed E-state index contributed by atoms with van der Waals surface area (Å²) in [4.78, 5) is 0. The van der Waals surface area contributed by atoms with Crippen LogP contribution in [0.4, 0.5) is 10.2 Å². The van der Waals surface area contributed by atoms with Gasteiger partial charge in [-0.25, -0.2) is 9.07 Å². The van der Waals surface area contributed by atoms with Gasteiger partial charge in [-0.1, -0.05) is 0 Å². The van der Waals surface area contributed by atoms with Gasteiger partial charge in [0.2, 0.25) is 0 Å². The van der Waals surface area contributed by atoms with Gasteiger partial charge in [0.1, 0.15) is 17.4 Å². The molecule has 2 N–H and O–H groups in total. The normalized spacial score (nSPS) is 10.8. The lowest BCUT2D eigenvalue weighted by Crippen LogP contribution is -2.01. The second-order valence-electron chi connectivity index (χ2n) is 4.23. The van der Waals surface area contributed by atoms with E-state index in [-0.39, 0.29) is 5.82 Å². The Morgan fingerprint density at radius 2 is 1.95 bits per heavy atom. The third-order valence-electron chi connectivity index (χ3n) is 2.94. The first-order valence-electron chi connectivity index (χ1n) is 5.81. The van der Waals surface area contributed by atoms with Crippen molar-refractivity contribution in [2.45, 2.75) is 6.92 Å². The van der Waals surface area contributed by atoms with E-state index >= 15 is 0 Å². The Hall–Kier alpha value is -2.56. The van der Waals surface area contributed by atoms with Crippen molar-refractivity contribution < 1.29 is 8.81 Å². The maximum atomic E-state index is 12.9. The molecule has 96 valence electrons. The Kier molecular flexibility index (Phi) is 2.59. The van der Waals surface area contributed by atoms with Crippen LogP contribution in [0.1, 0.15) is 5.76 Å². The average molecular weight is 257 g/mol. The Morgan fingerprint density at radius 3 is 2.58 bits per heavy atom. The second kappa shape index (κ2) is 4.28. The van der Waals surface area contributed by atoms with Crippen molar-refractivity contribution >= 4 is 5.82 Å². The number of halogens is 1. The standard InChI is InChI=1S/C14H12FN3O/c1-9-12(6-7-19-9)13-8-14(16)18(17-13)11-4-2-10(15)3-5-11/h2-8H,16H2,1H3. The number of benzene rings is 1. The molecule has 2 heterocycles. The smallest absolute Gasteiger partial charge is 0.127 e. The molecule has 0 aliphatic heterocycles. The Balaban J connectivity index is 2.07. The van der Waals surface area contributed by atoms with E-state index in [1.54, 1.807) is 29.1 Å². The third kappa shape index (κ3) is 1.99. The minimum absolute atomic E-state index is 0.291. The van der Waals surface area contributed by atoms with Crippen molar-refractivity contribution in [3.63, 3.8) is 0 Å². The van der Waals surface area contributed by atoms with Crippen LogP contribution in [0, 0.1) is 12.7 Å². The van der Waals surface area contributed by atoms with Crippen LogP contribution in [0.2, 0.25) is 0 Å². The fourth-order valence-electron chi connectivity index (χ4n) is 1.97. The van der Waals surface area contributed by atoms with Gasteiger partial charge in [-0.05, 0) is 37.3 Å². The molecule has 3 rings (SSSR count). The maximum Gasteiger partial charge on any atom is 0.127 e. The summed E-state index contributed by atoms with van der Waals surface area (Å²) < 4.78 is 19.7. The van der Waals surface area contributed by atoms with Crippen LogP contribution < -0.4 is 5.73 Å². The molecule has 0 atom stereocenters. The number of anilines is 1. The first-order valence-corrected chi connectivity index (χ1v) is 5.81. The van der Waals surface area contributed by atoms with Gasteiger partial charge in [0, 0.05) is 11.6 Å². The van der Waals surface area contributed by atoms with Crippen molar-refractivity contribution in [1.82, 2.24) is 9.78 Å². The minimum atomic E-state index is -0.291. The van der Waals surface area contributed by atoms with E-state index in [4.69, 9.17) is 10.2 Å². The summed E-state index contributed by atoms with van der Waals surface area (Å²) in [5.74, 6) is 0.978. The number of nitrogens with two attached hydrogens (primary N) is 1. The van der Waals surface area contributed by atoms with E-state index in [1.165, 1.54) is 12.1 Å². The van der Waals surface area contributed by atoms with Crippen LogP contribution in [0.25, 0.3) is 16.9 Å². The molecular formula is C14H12FN3O. The lowest BCUT2D eigenvalue weighted by Gasteiger charge is -2.02. The van der Waals surface area contributed by atoms with Gasteiger partial charge in [0.05, 0.1) is 17.6 Å². The molecule has 2 aromatic heterocycles. The van der Waals surface area contributed by atoms with Crippen molar-refractivity contribution in [2.75, 3.05) is 5.73 Å². The molecule has 0 amide bonds. The molecule has 5 heteroatoms. The third-order valence-corrected chi connectivity index (χ3v) is 2.94. The predicted molar refractivity (Wildman–Crippen MR) is 70.4 cm³/mol. The Morgan fingerprint density at radius 1 is 1.21 bits per heavy atom. The van der Waals surface area contributed by atoms with Crippen molar-refractivity contribution in [3.8, 4) is 16.9 Å². The molecule has 0 aliphatic rings. The maximum absolute atomic E-state index is 12.9. The summed E-state index contributed by atoms with van der Waals surface area (Å²) in [6.45, 7) is 1.86. The molecule has 0 radical (unpaired) electrons. The molecule has 1 aromatic carbocycles. The Bertz CT molecular complexity index is 713. The van der Waals surface area contributed by atoms with E-state index < -0.39 is 0 Å². The van der Waals surface area contributed by atoms with Crippen LogP contribution in [-0.4, -0.2) is 9.78 Å². The zero-order valence-corrected chi connectivity index (χ0v) is 10.3. The van der Waals surface area contributed by atoms with Gasteiger partial charge in [0.25, 0.3) is 0 Å². The summed E-state index contributed by atoms with van der Waals surface area (Å²) in [7, 11) is 0. The van der Waals surface area contributed by atoms with Gasteiger partial charge in [-0.2, -0.15) is 5.10 Å². The van der Waals surface area contributed by atoms with Crippen molar-refractivity contribution in [2.24, 2.45) is 0 Å². The molecule has 0 bridgehead atoms. The van der Waals surface area contributed by atoms with Gasteiger partial charge >= 0.3 is 0 Å². The minimum Gasteiger partial charge on any atom is -0.469 e. The van der Waals surface area contributed by atoms with Crippen molar-refractivity contribution in [1.29, 1.82) is 0 Å². The van der Waals surface area contributed by atoms with E-state index in [1.807, 2.05) is 13.0 Å². The summed E-state index contributed by atoms with van der Waals surface area (Å²) in [6.07, 6.45) is 1.61. The van der Waals surface area contributed by atoms with Crippen LogP contribution in [-0.2, 0) is 0 Å². The number of rotatable bonds is 2. The number of aromatic nitrogens is 2. The molecular weight excluding hydrogens is 245 g/mol. The molecule has 3 aromatic rings. The Labute approximate surface area is 109 Å². The summed E-state index contributed by atoms with van der Waals surface area (Å²) in [5, 5.41) is 4.42. The summed E-state index contributed by atoms with van der Waals surface area (Å²) >= 11 is 0. The summed E-state index contributed by atoms with van der Waals surface area (Å²) in [5.41, 5.74) is 8.28. The number of nitrogen functional groups attached to an aromatic ring is 1. The highest BCUT2D eigenvalue weighted by atomic mass is 19.1. The van der Waals surface area contributed by atoms with Gasteiger partial charge in [0.15, 0.2) is 0 Å². The first kappa shape index (κ1) is 11.5. The second-order valence-corrected chi connectivity index (χ2v) is 4.23. The highest BCUT2D eigenvalue weighted by Gasteiger charge is 2.12. The van der Waals surface area contributed by atoms with Gasteiger partial charge in [-0.3, -0.25) is 0 Å². The fourth-order valence-corrected chi connectivity index (χ4v) is 1.97. The van der Waals surface area contributed by atoms with Crippen LogP contribution in [0.3, 0.4) is 0 Å². The number of hydrogen-bond donors (Lipinski definition) is 1. The van der Waals surface area contributed by atoms with Crippen LogP contribution in [0.15, 0.2) is 47.1 Å². The van der Waals surface area contributed by atoms with E-state index in [9.17, 15) is 4.39 Å². The quantitative estimate of drug-likeness (QED) is 0.767. The molecule has 0 fully saturated rings.